The van der Waals surface area contributed by atoms with E-state index >= 15 is 0 Å². The summed E-state index contributed by atoms with van der Waals surface area (Å²) in [6.45, 7) is 5.00. The number of fused-ring (bicyclic) bond motifs is 2. The third-order valence-corrected chi connectivity index (χ3v) is 15.2. The third kappa shape index (κ3) is 8.66. The third-order valence-electron chi connectivity index (χ3n) is 12.0. The number of carbonyl (C=O) groups is 4. The molecule has 3 amide bonds. The standard InChI is InChI=1S/C43H50N5O7PS/c1-3-20-54-42(52)28(2)46-56(53,55-34-9-5-4-6-10-34)27-29-11-14-37-31(21-29)22-38(57-37)39(49)45-35-23-43(17-18-43)16-15-33-12-13-36(48(33)40(35)50)41(51)47-25-32(26-47)30-8-7-19-44-24-30/h4-11,14,19,21-22,24,28,32-33,35-36H,3,12-13,15-18,20,23,25-27H2,1-2H3,(H,45,49)(H,46,53)/t28-,33+,35-,36-,56?/m0/s1. The lowest BCUT2D eigenvalue weighted by molar-refractivity contribution is -0.150. The van der Waals surface area contributed by atoms with E-state index in [9.17, 15) is 23.7 Å². The average Bonchev–Trinajstić information content (AvgIpc) is 3.61. The fraction of sp³-hybridized carbons (Fsp3) is 0.465. The molecule has 12 nitrogen and oxygen atoms in total. The van der Waals surface area contributed by atoms with Crippen molar-refractivity contribution >= 4 is 52.6 Å². The highest BCUT2D eigenvalue weighted by molar-refractivity contribution is 7.56. The number of likely N-dealkylation sites (tertiary alicyclic amines) is 1. The fourth-order valence-electron chi connectivity index (χ4n) is 8.66. The lowest BCUT2D eigenvalue weighted by Crippen LogP contribution is -2.60. The maximum Gasteiger partial charge on any atom is 0.323 e. The minimum Gasteiger partial charge on any atom is -0.465 e. The number of rotatable bonds is 13. The highest BCUT2D eigenvalue weighted by Crippen LogP contribution is 2.55. The smallest absolute Gasteiger partial charge is 0.323 e. The van der Waals surface area contributed by atoms with Gasteiger partial charge < -0.3 is 24.4 Å². The van der Waals surface area contributed by atoms with Crippen LogP contribution < -0.4 is 14.9 Å². The van der Waals surface area contributed by atoms with E-state index < -0.39 is 31.6 Å². The summed E-state index contributed by atoms with van der Waals surface area (Å²) in [5.41, 5.74) is 1.87. The molecule has 2 aromatic carbocycles. The van der Waals surface area contributed by atoms with Gasteiger partial charge in [-0.3, -0.25) is 28.7 Å². The van der Waals surface area contributed by atoms with Crippen molar-refractivity contribution in [1.82, 2.24) is 25.2 Å². The van der Waals surface area contributed by atoms with Gasteiger partial charge in [0, 0.05) is 42.1 Å². The van der Waals surface area contributed by atoms with Crippen molar-refractivity contribution in [2.24, 2.45) is 5.41 Å². The molecule has 5 atom stereocenters. The highest BCUT2D eigenvalue weighted by atomic mass is 32.1. The Labute approximate surface area is 337 Å². The average molecular weight is 812 g/mol. The van der Waals surface area contributed by atoms with Crippen LogP contribution in [0.15, 0.2) is 79.1 Å². The maximum atomic E-state index is 14.5. The van der Waals surface area contributed by atoms with E-state index in [2.05, 4.69) is 15.4 Å². The number of thiophene rings is 1. The van der Waals surface area contributed by atoms with Crippen molar-refractivity contribution < 1.29 is 33.0 Å². The van der Waals surface area contributed by atoms with Crippen LogP contribution in [-0.2, 0) is 29.8 Å². The number of hydrogen-bond acceptors (Lipinski definition) is 9. The molecule has 1 spiro atoms. The topological polar surface area (TPSA) is 147 Å². The number of nitrogens with zero attached hydrogens (tertiary/aromatic N) is 3. The minimum absolute atomic E-state index is 0.00196. The second-order valence-corrected chi connectivity index (χ2v) is 19.4. The molecule has 300 valence electrons. The van der Waals surface area contributed by atoms with Crippen LogP contribution in [-0.4, -0.2) is 82.3 Å². The Bertz CT molecular complexity index is 2170. The maximum absolute atomic E-state index is 14.5. The monoisotopic (exact) mass is 811 g/mol. The van der Waals surface area contributed by atoms with Gasteiger partial charge in [-0.05, 0) is 117 Å². The number of para-hydroxylation sites is 1. The Morgan fingerprint density at radius 1 is 1.02 bits per heavy atom. The Kier molecular flexibility index (Phi) is 11.3. The zero-order valence-electron chi connectivity index (χ0n) is 32.4. The van der Waals surface area contributed by atoms with E-state index in [1.165, 1.54) is 11.3 Å². The second-order valence-electron chi connectivity index (χ2n) is 16.2. The molecular formula is C43H50N5O7PS. The Morgan fingerprint density at radius 3 is 2.56 bits per heavy atom. The molecule has 8 rings (SSSR count). The van der Waals surface area contributed by atoms with Gasteiger partial charge in [-0.15, -0.1) is 11.3 Å². The first-order chi connectivity index (χ1) is 27.5. The first kappa shape index (κ1) is 39.3. The first-order valence-electron chi connectivity index (χ1n) is 20.1. The van der Waals surface area contributed by atoms with Crippen molar-refractivity contribution in [2.45, 2.75) is 101 Å². The van der Waals surface area contributed by atoms with Gasteiger partial charge in [-0.2, -0.15) is 0 Å². The van der Waals surface area contributed by atoms with Crippen LogP contribution in [0.5, 0.6) is 5.75 Å². The number of esters is 1. The van der Waals surface area contributed by atoms with Crippen LogP contribution in [0.3, 0.4) is 0 Å². The van der Waals surface area contributed by atoms with Gasteiger partial charge in [0.25, 0.3) is 5.91 Å². The van der Waals surface area contributed by atoms with E-state index in [1.807, 2.05) is 59.3 Å². The number of pyridine rings is 1. The Hall–Kier alpha value is -4.58. The number of carbonyl (C=O) groups excluding carboxylic acids is 4. The molecule has 4 fully saturated rings. The van der Waals surface area contributed by atoms with E-state index in [4.69, 9.17) is 9.26 Å². The molecule has 1 saturated carbocycles. The van der Waals surface area contributed by atoms with E-state index in [1.54, 1.807) is 43.5 Å². The first-order valence-corrected chi connectivity index (χ1v) is 22.8. The van der Waals surface area contributed by atoms with Crippen LogP contribution in [0.1, 0.15) is 91.9 Å². The highest BCUT2D eigenvalue weighted by Gasteiger charge is 2.53. The molecule has 2 aromatic heterocycles. The fourth-order valence-corrected chi connectivity index (χ4v) is 11.7. The van der Waals surface area contributed by atoms with Gasteiger partial charge >= 0.3 is 13.5 Å². The van der Waals surface area contributed by atoms with Gasteiger partial charge in [-0.25, -0.2) is 5.09 Å². The summed E-state index contributed by atoms with van der Waals surface area (Å²) < 4.78 is 26.5. The van der Waals surface area contributed by atoms with Gasteiger partial charge in [0.05, 0.1) is 17.6 Å². The van der Waals surface area contributed by atoms with Crippen LogP contribution >= 0.6 is 18.9 Å². The number of ether oxygens (including phenoxy) is 1. The molecule has 5 heterocycles. The molecule has 3 aliphatic heterocycles. The largest absolute Gasteiger partial charge is 0.465 e. The summed E-state index contributed by atoms with van der Waals surface area (Å²) in [6, 6.07) is 18.1. The van der Waals surface area contributed by atoms with Gasteiger partial charge in [-0.1, -0.05) is 37.3 Å². The number of hydrogen-bond donors (Lipinski definition) is 2. The van der Waals surface area contributed by atoms with Crippen molar-refractivity contribution in [1.29, 1.82) is 0 Å². The van der Waals surface area contributed by atoms with Crippen LogP contribution in [0.4, 0.5) is 0 Å². The molecule has 2 N–H and O–H groups in total. The predicted octanol–water partition coefficient (Wildman–Crippen LogP) is 7.05. The van der Waals surface area contributed by atoms with Gasteiger partial charge in [0.1, 0.15) is 23.9 Å². The lowest BCUT2D eigenvalue weighted by Gasteiger charge is -2.43. The van der Waals surface area contributed by atoms with Crippen LogP contribution in [0, 0.1) is 5.41 Å². The normalized spacial score (nSPS) is 23.1. The van der Waals surface area contributed by atoms with Crippen molar-refractivity contribution in [3.8, 4) is 5.75 Å². The number of benzene rings is 2. The summed E-state index contributed by atoms with van der Waals surface area (Å²) in [5.74, 6) is -0.347. The summed E-state index contributed by atoms with van der Waals surface area (Å²) in [5, 5.41) is 6.84. The quantitative estimate of drug-likeness (QED) is 0.107. The van der Waals surface area contributed by atoms with Gasteiger partial charge in [0.2, 0.25) is 11.8 Å². The molecule has 4 aliphatic rings. The summed E-state index contributed by atoms with van der Waals surface area (Å²) in [4.78, 5) is 63.4. The predicted molar refractivity (Wildman–Crippen MR) is 218 cm³/mol. The van der Waals surface area contributed by atoms with Crippen molar-refractivity contribution in [3.05, 3.63) is 95.1 Å². The minimum atomic E-state index is -3.68. The summed E-state index contributed by atoms with van der Waals surface area (Å²) >= 11 is 1.33. The number of amides is 3. The van der Waals surface area contributed by atoms with Crippen molar-refractivity contribution in [2.75, 3.05) is 19.7 Å². The molecule has 4 aromatic rings. The Morgan fingerprint density at radius 2 is 1.82 bits per heavy atom. The number of aromatic nitrogens is 1. The second kappa shape index (κ2) is 16.3. The lowest BCUT2D eigenvalue weighted by atomic mass is 9.86. The Balaban J connectivity index is 0.971. The molecule has 57 heavy (non-hydrogen) atoms. The van der Waals surface area contributed by atoms with E-state index in [0.717, 1.165) is 47.8 Å². The number of nitrogens with one attached hydrogen (secondary N) is 2. The van der Waals surface area contributed by atoms with Crippen LogP contribution in [0.2, 0.25) is 0 Å². The van der Waals surface area contributed by atoms with E-state index in [0.29, 0.717) is 48.5 Å². The van der Waals surface area contributed by atoms with Gasteiger partial charge in [0.15, 0.2) is 0 Å². The van der Waals surface area contributed by atoms with Crippen LogP contribution in [0.25, 0.3) is 10.1 Å². The zero-order chi connectivity index (χ0) is 39.7. The van der Waals surface area contributed by atoms with E-state index in [-0.39, 0.29) is 47.9 Å². The zero-order valence-corrected chi connectivity index (χ0v) is 34.1. The molecule has 1 unspecified atom stereocenters. The molecular weight excluding hydrogens is 762 g/mol. The molecule has 0 radical (unpaired) electrons. The SMILES string of the molecule is CCCOC(=O)[C@H](C)NP(=O)(Cc1ccc2sc(C(=O)N[C@H]3CC4(CC[C@H]5CC[C@@H](C(=O)N6CC(c7cccnc7)C6)N5C3=O)CC4)cc2c1)Oc1ccccc1. The van der Waals surface area contributed by atoms with Crippen molar-refractivity contribution in [3.63, 3.8) is 0 Å². The molecule has 0 bridgehead atoms. The summed E-state index contributed by atoms with van der Waals surface area (Å²) in [7, 11) is -3.68. The molecule has 14 heteroatoms. The molecule has 1 aliphatic carbocycles. The summed E-state index contributed by atoms with van der Waals surface area (Å²) in [6.07, 6.45) is 10.2. The molecule has 3 saturated heterocycles.